The first-order valence-corrected chi connectivity index (χ1v) is 12.2. The van der Waals surface area contributed by atoms with Gasteiger partial charge in [-0.1, -0.05) is 17.3 Å². The molecule has 2 aromatic carbocycles. The fourth-order valence-electron chi connectivity index (χ4n) is 4.49. The van der Waals surface area contributed by atoms with Gasteiger partial charge in [0, 0.05) is 17.9 Å². The van der Waals surface area contributed by atoms with E-state index in [0.29, 0.717) is 35.5 Å². The highest BCUT2D eigenvalue weighted by Gasteiger charge is 2.35. The zero-order valence-corrected chi connectivity index (χ0v) is 20.5. The molecule has 35 heavy (non-hydrogen) atoms. The van der Waals surface area contributed by atoms with Crippen LogP contribution in [0.3, 0.4) is 0 Å². The fraction of sp³-hybridized carbons (Fsp3) is 0.346. The summed E-state index contributed by atoms with van der Waals surface area (Å²) in [6.45, 7) is 5.99. The summed E-state index contributed by atoms with van der Waals surface area (Å²) >= 11 is 5.78. The van der Waals surface area contributed by atoms with Crippen molar-refractivity contribution in [3.63, 3.8) is 0 Å². The molecule has 0 amide bonds. The number of allylic oxidation sites excluding steroid dienone is 1. The van der Waals surface area contributed by atoms with E-state index in [9.17, 15) is 4.39 Å². The van der Waals surface area contributed by atoms with Gasteiger partial charge < -0.3 is 24.2 Å². The summed E-state index contributed by atoms with van der Waals surface area (Å²) < 4.78 is 30.6. The van der Waals surface area contributed by atoms with Crippen molar-refractivity contribution in [2.45, 2.75) is 38.8 Å². The monoisotopic (exact) mass is 494 g/mol. The molecule has 7 nitrogen and oxygen atoms in total. The van der Waals surface area contributed by atoms with Crippen LogP contribution in [0.15, 0.2) is 58.8 Å². The zero-order valence-electron chi connectivity index (χ0n) is 19.7. The standard InChI is InChI=1S/C26H27FN4O3S/c1-3-32-20-12-8-17(9-13-20)23-22(16(2)31(26(35)28-23)15-21-5-4-14-33-21)25-29-24(30-34-25)18-6-10-19(27)11-7-18/h6-13,21,23H,3-5,14-15H2,1-2H3,(H,28,35). The van der Waals surface area contributed by atoms with Crippen LogP contribution in [0.25, 0.3) is 17.0 Å². The van der Waals surface area contributed by atoms with Crippen LogP contribution >= 0.6 is 12.2 Å². The van der Waals surface area contributed by atoms with Gasteiger partial charge >= 0.3 is 0 Å². The van der Waals surface area contributed by atoms with Crippen LogP contribution in [0.2, 0.25) is 0 Å². The van der Waals surface area contributed by atoms with E-state index in [1.54, 1.807) is 12.1 Å². The van der Waals surface area contributed by atoms with Crippen LogP contribution in [-0.4, -0.2) is 46.0 Å². The molecule has 5 rings (SSSR count). The average molecular weight is 495 g/mol. The maximum Gasteiger partial charge on any atom is 0.258 e. The molecule has 3 aromatic rings. The predicted molar refractivity (Wildman–Crippen MR) is 134 cm³/mol. The highest BCUT2D eigenvalue weighted by atomic mass is 32.1. The van der Waals surface area contributed by atoms with Crippen molar-refractivity contribution in [2.24, 2.45) is 0 Å². The first-order valence-electron chi connectivity index (χ1n) is 11.8. The Labute approximate surface area is 208 Å². The number of hydrogen-bond donors (Lipinski definition) is 1. The van der Waals surface area contributed by atoms with Crippen molar-refractivity contribution in [2.75, 3.05) is 19.8 Å². The number of thiocarbonyl (C=S) groups is 1. The SMILES string of the molecule is CCOc1ccc(C2NC(=S)N(CC3CCCO3)C(C)=C2c2nc(-c3ccc(F)cc3)no2)cc1. The Bertz CT molecular complexity index is 1220. The molecule has 2 aliphatic rings. The third kappa shape index (κ3) is 4.92. The molecule has 1 fully saturated rings. The third-order valence-corrected chi connectivity index (χ3v) is 6.63. The number of nitrogens with zero attached hydrogens (tertiary/aromatic N) is 3. The van der Waals surface area contributed by atoms with Crippen LogP contribution in [-0.2, 0) is 4.74 Å². The van der Waals surface area contributed by atoms with Gasteiger partial charge in [-0.3, -0.25) is 0 Å². The fourth-order valence-corrected chi connectivity index (χ4v) is 4.82. The quantitative estimate of drug-likeness (QED) is 0.454. The second kappa shape index (κ2) is 10.1. The van der Waals surface area contributed by atoms with E-state index in [4.69, 9.17) is 26.2 Å². The van der Waals surface area contributed by atoms with Crippen molar-refractivity contribution in [3.05, 3.63) is 71.5 Å². The number of nitrogens with one attached hydrogen (secondary N) is 1. The summed E-state index contributed by atoms with van der Waals surface area (Å²) in [4.78, 5) is 6.72. The van der Waals surface area contributed by atoms with Gasteiger partial charge in [-0.2, -0.15) is 4.98 Å². The molecule has 2 aliphatic heterocycles. The summed E-state index contributed by atoms with van der Waals surface area (Å²) in [5, 5.41) is 8.27. The lowest BCUT2D eigenvalue weighted by Crippen LogP contribution is -2.48. The molecule has 1 aromatic heterocycles. The largest absolute Gasteiger partial charge is 0.494 e. The van der Waals surface area contributed by atoms with Crippen molar-refractivity contribution in [1.82, 2.24) is 20.4 Å². The second-order valence-corrected chi connectivity index (χ2v) is 8.95. The van der Waals surface area contributed by atoms with E-state index in [0.717, 1.165) is 42.0 Å². The number of hydrogen-bond acceptors (Lipinski definition) is 6. The maximum atomic E-state index is 13.4. The van der Waals surface area contributed by atoms with Gasteiger partial charge in [0.25, 0.3) is 5.89 Å². The van der Waals surface area contributed by atoms with Crippen LogP contribution in [0.5, 0.6) is 5.75 Å². The molecular formula is C26H27FN4O3S. The third-order valence-electron chi connectivity index (χ3n) is 6.29. The molecule has 1 saturated heterocycles. The first kappa shape index (κ1) is 23.4. The lowest BCUT2D eigenvalue weighted by atomic mass is 9.94. The molecule has 2 atom stereocenters. The van der Waals surface area contributed by atoms with Crippen LogP contribution in [0.1, 0.15) is 44.2 Å². The Hall–Kier alpha value is -3.30. The number of ether oxygens (including phenoxy) is 2. The second-order valence-electron chi connectivity index (χ2n) is 8.56. The van der Waals surface area contributed by atoms with Crippen LogP contribution in [0.4, 0.5) is 4.39 Å². The summed E-state index contributed by atoms with van der Waals surface area (Å²) in [6.07, 6.45) is 2.16. The molecule has 1 N–H and O–H groups in total. The summed E-state index contributed by atoms with van der Waals surface area (Å²) in [5.74, 6) is 1.26. The Balaban J connectivity index is 1.54. The highest BCUT2D eigenvalue weighted by molar-refractivity contribution is 7.80. The zero-order chi connectivity index (χ0) is 24.4. The molecule has 3 heterocycles. The molecule has 0 bridgehead atoms. The summed E-state index contributed by atoms with van der Waals surface area (Å²) in [6, 6.07) is 13.6. The lowest BCUT2D eigenvalue weighted by molar-refractivity contribution is 0.0962. The van der Waals surface area contributed by atoms with E-state index in [1.165, 1.54) is 12.1 Å². The van der Waals surface area contributed by atoms with Gasteiger partial charge in [0.05, 0.1) is 30.9 Å². The lowest BCUT2D eigenvalue weighted by Gasteiger charge is -2.38. The smallest absolute Gasteiger partial charge is 0.258 e. The van der Waals surface area contributed by atoms with E-state index in [2.05, 4.69) is 15.5 Å². The van der Waals surface area contributed by atoms with Gasteiger partial charge in [0.1, 0.15) is 11.6 Å². The van der Waals surface area contributed by atoms with Crippen molar-refractivity contribution in [1.29, 1.82) is 0 Å². The molecular weight excluding hydrogens is 467 g/mol. The molecule has 0 radical (unpaired) electrons. The highest BCUT2D eigenvalue weighted by Crippen LogP contribution is 2.38. The van der Waals surface area contributed by atoms with Gasteiger partial charge in [-0.15, -0.1) is 0 Å². The number of rotatable bonds is 7. The molecule has 0 saturated carbocycles. The predicted octanol–water partition coefficient (Wildman–Crippen LogP) is 5.12. The van der Waals surface area contributed by atoms with Gasteiger partial charge in [-0.05, 0) is 80.9 Å². The molecule has 0 aliphatic carbocycles. The van der Waals surface area contributed by atoms with Crippen molar-refractivity contribution in [3.8, 4) is 17.1 Å². The minimum absolute atomic E-state index is 0.116. The molecule has 0 spiro atoms. The Morgan fingerprint density at radius 3 is 2.63 bits per heavy atom. The normalized spacial score (nSPS) is 20.3. The van der Waals surface area contributed by atoms with Gasteiger partial charge in [0.2, 0.25) is 5.82 Å². The number of aromatic nitrogens is 2. The molecule has 182 valence electrons. The average Bonchev–Trinajstić information content (AvgIpc) is 3.55. The van der Waals surface area contributed by atoms with Crippen molar-refractivity contribution < 1.29 is 18.4 Å². The van der Waals surface area contributed by atoms with Crippen LogP contribution in [0, 0.1) is 5.82 Å². The van der Waals surface area contributed by atoms with Gasteiger partial charge in [0.15, 0.2) is 5.11 Å². The molecule has 9 heteroatoms. The molecule has 2 unspecified atom stereocenters. The maximum absolute atomic E-state index is 13.4. The minimum Gasteiger partial charge on any atom is -0.494 e. The first-order chi connectivity index (χ1) is 17.0. The van der Waals surface area contributed by atoms with Crippen molar-refractivity contribution >= 4 is 22.9 Å². The Morgan fingerprint density at radius 1 is 1.17 bits per heavy atom. The van der Waals surface area contributed by atoms with E-state index in [1.807, 2.05) is 43.0 Å². The summed E-state index contributed by atoms with van der Waals surface area (Å²) in [7, 11) is 0. The van der Waals surface area contributed by atoms with E-state index >= 15 is 0 Å². The summed E-state index contributed by atoms with van der Waals surface area (Å²) in [5.41, 5.74) is 3.43. The van der Waals surface area contributed by atoms with E-state index < -0.39 is 0 Å². The Morgan fingerprint density at radius 2 is 1.94 bits per heavy atom. The topological polar surface area (TPSA) is 72.7 Å². The number of benzene rings is 2. The van der Waals surface area contributed by atoms with Gasteiger partial charge in [-0.25, -0.2) is 4.39 Å². The minimum atomic E-state index is -0.318. The van der Waals surface area contributed by atoms with E-state index in [-0.39, 0.29) is 18.0 Å². The Kier molecular flexibility index (Phi) is 6.79. The number of halogens is 1. The van der Waals surface area contributed by atoms with Crippen LogP contribution < -0.4 is 10.1 Å².